The summed E-state index contributed by atoms with van der Waals surface area (Å²) in [5.41, 5.74) is 0. The lowest BCUT2D eigenvalue weighted by atomic mass is 10.1. The molecule has 0 aliphatic heterocycles. The zero-order valence-electron chi connectivity index (χ0n) is 15.8. The highest BCUT2D eigenvalue weighted by Crippen LogP contribution is 2.14. The van der Waals surface area contributed by atoms with E-state index in [1.165, 1.54) is 32.1 Å². The minimum absolute atomic E-state index is 0.743. The van der Waals surface area contributed by atoms with Crippen molar-refractivity contribution in [2.45, 2.75) is 84.4 Å². The third-order valence-corrected chi connectivity index (χ3v) is 6.67. The first kappa shape index (κ1) is 23.0. The third kappa shape index (κ3) is 16.7. The van der Waals surface area contributed by atoms with Crippen molar-refractivity contribution in [3.05, 3.63) is 0 Å². The summed E-state index contributed by atoms with van der Waals surface area (Å²) in [5.74, 6) is 0. The molecule has 0 aromatic heterocycles. The van der Waals surface area contributed by atoms with Gasteiger partial charge in [0.1, 0.15) is 0 Å². The lowest BCUT2D eigenvalue weighted by Gasteiger charge is -2.23. The molecule has 0 bridgehead atoms. The van der Waals surface area contributed by atoms with Crippen molar-refractivity contribution in [2.75, 3.05) is 26.4 Å². The summed E-state index contributed by atoms with van der Waals surface area (Å²) in [5, 5.41) is 0.790. The predicted octanol–water partition coefficient (Wildman–Crippen LogP) is 5.73. The fourth-order valence-electron chi connectivity index (χ4n) is 2.35. The van der Waals surface area contributed by atoms with E-state index in [1.54, 1.807) is 0 Å². The molecule has 23 heavy (non-hydrogen) atoms. The lowest BCUT2D eigenvalue weighted by Crippen LogP contribution is -2.31. The van der Waals surface area contributed by atoms with Crippen LogP contribution in [0.25, 0.3) is 0 Å². The van der Waals surface area contributed by atoms with Gasteiger partial charge < -0.3 is 13.9 Å². The molecule has 0 aromatic rings. The van der Waals surface area contributed by atoms with Gasteiger partial charge in [-0.1, -0.05) is 32.6 Å². The highest BCUT2D eigenvalue weighted by atomic mass is 32.1. The van der Waals surface area contributed by atoms with Gasteiger partial charge in [0, 0.05) is 26.2 Å². The van der Waals surface area contributed by atoms with E-state index in [0.717, 1.165) is 56.8 Å². The van der Waals surface area contributed by atoms with Gasteiger partial charge >= 0.3 is 0 Å². The maximum absolute atomic E-state index is 6.06. The largest absolute Gasteiger partial charge is 0.487 e. The molecule has 0 aliphatic rings. The Kier molecular flexibility index (Phi) is 15.6. The predicted molar refractivity (Wildman–Crippen MR) is 106 cm³/mol. The molecule has 0 fully saturated rings. The summed E-state index contributed by atoms with van der Waals surface area (Å²) in [4.78, 5) is 0. The molecule has 0 aromatic carbocycles. The van der Waals surface area contributed by atoms with Crippen LogP contribution in [0.4, 0.5) is 0 Å². The van der Waals surface area contributed by atoms with Crippen LogP contribution in [-0.4, -0.2) is 39.8 Å². The van der Waals surface area contributed by atoms with Gasteiger partial charge in [-0.25, -0.2) is 0 Å². The van der Waals surface area contributed by atoms with E-state index in [-0.39, 0.29) is 0 Å². The summed E-state index contributed by atoms with van der Waals surface area (Å²) in [6.07, 6.45) is 9.35. The SMILES string of the molecule is CCCCCCCC(=S)OCCC[Si](C)(C)OCCCOCC. The Balaban J connectivity index is 3.51. The van der Waals surface area contributed by atoms with Gasteiger partial charge in [-0.05, 0) is 57.5 Å². The van der Waals surface area contributed by atoms with E-state index in [2.05, 4.69) is 20.0 Å². The van der Waals surface area contributed by atoms with Gasteiger partial charge in [0.2, 0.25) is 0 Å². The fourth-order valence-corrected chi connectivity index (χ4v) is 4.42. The maximum atomic E-state index is 6.06. The molecule has 3 nitrogen and oxygen atoms in total. The first-order chi connectivity index (χ1) is 11.0. The normalized spacial score (nSPS) is 11.7. The van der Waals surface area contributed by atoms with Crippen LogP contribution in [0.15, 0.2) is 0 Å². The van der Waals surface area contributed by atoms with Gasteiger partial charge in [0.15, 0.2) is 13.4 Å². The molecule has 0 N–H and O–H groups in total. The molecule has 0 saturated carbocycles. The lowest BCUT2D eigenvalue weighted by molar-refractivity contribution is 0.129. The molecule has 0 spiro atoms. The van der Waals surface area contributed by atoms with Crippen LogP contribution >= 0.6 is 12.2 Å². The summed E-state index contributed by atoms with van der Waals surface area (Å²) >= 11 is 5.29. The van der Waals surface area contributed by atoms with Crippen molar-refractivity contribution in [3.63, 3.8) is 0 Å². The summed E-state index contributed by atoms with van der Waals surface area (Å²) in [6, 6.07) is 1.13. The number of unbranched alkanes of at least 4 members (excludes halogenated alkanes) is 4. The number of thiocarbonyl (C=S) groups is 1. The average molecular weight is 363 g/mol. The second-order valence-corrected chi connectivity index (χ2v) is 11.4. The van der Waals surface area contributed by atoms with Crippen LogP contribution in [0.2, 0.25) is 19.1 Å². The first-order valence-electron chi connectivity index (χ1n) is 9.39. The van der Waals surface area contributed by atoms with Crippen LogP contribution in [0.1, 0.15) is 65.2 Å². The molecule has 0 saturated heterocycles. The van der Waals surface area contributed by atoms with Crippen molar-refractivity contribution in [1.82, 2.24) is 0 Å². The monoisotopic (exact) mass is 362 g/mol. The Morgan fingerprint density at radius 2 is 1.61 bits per heavy atom. The average Bonchev–Trinajstić information content (AvgIpc) is 2.51. The molecule has 138 valence electrons. The van der Waals surface area contributed by atoms with E-state index in [9.17, 15) is 0 Å². The molecule has 5 heteroatoms. The molecule has 0 aliphatic carbocycles. The molecule has 0 radical (unpaired) electrons. The van der Waals surface area contributed by atoms with Crippen molar-refractivity contribution in [3.8, 4) is 0 Å². The Hall–Kier alpha value is 0.0269. The molecule has 0 atom stereocenters. The van der Waals surface area contributed by atoms with Crippen molar-refractivity contribution in [2.24, 2.45) is 0 Å². The first-order valence-corrected chi connectivity index (χ1v) is 12.9. The van der Waals surface area contributed by atoms with Gasteiger partial charge in [-0.2, -0.15) is 0 Å². The van der Waals surface area contributed by atoms with Crippen LogP contribution in [0, 0.1) is 0 Å². The number of hydrogen-bond acceptors (Lipinski definition) is 4. The summed E-state index contributed by atoms with van der Waals surface area (Å²) in [6.45, 7) is 12.0. The van der Waals surface area contributed by atoms with E-state index in [0.29, 0.717) is 0 Å². The van der Waals surface area contributed by atoms with Crippen LogP contribution in [-0.2, 0) is 13.9 Å². The van der Waals surface area contributed by atoms with E-state index >= 15 is 0 Å². The standard InChI is InChI=1S/C18H38O3SSi/c1-5-7-8-9-10-13-18(22)20-15-12-17-23(3,4)21-16-11-14-19-6-2/h5-17H2,1-4H3. The minimum Gasteiger partial charge on any atom is -0.487 e. The summed E-state index contributed by atoms with van der Waals surface area (Å²) < 4.78 is 17.1. The second-order valence-electron chi connectivity index (χ2n) is 6.65. The van der Waals surface area contributed by atoms with E-state index in [4.69, 9.17) is 26.1 Å². The van der Waals surface area contributed by atoms with E-state index in [1.807, 2.05) is 6.92 Å². The Morgan fingerprint density at radius 3 is 2.30 bits per heavy atom. The van der Waals surface area contributed by atoms with Crippen LogP contribution < -0.4 is 0 Å². The van der Waals surface area contributed by atoms with Gasteiger partial charge in [-0.3, -0.25) is 0 Å². The fraction of sp³-hybridized carbons (Fsp3) is 0.944. The van der Waals surface area contributed by atoms with Crippen LogP contribution in [0.5, 0.6) is 0 Å². The zero-order valence-corrected chi connectivity index (χ0v) is 17.6. The third-order valence-electron chi connectivity index (χ3n) is 3.80. The Morgan fingerprint density at radius 1 is 0.870 bits per heavy atom. The zero-order chi connectivity index (χ0) is 17.4. The van der Waals surface area contributed by atoms with Gasteiger partial charge in [0.25, 0.3) is 0 Å². The number of rotatable bonds is 16. The smallest absolute Gasteiger partial charge is 0.186 e. The number of ether oxygens (including phenoxy) is 2. The van der Waals surface area contributed by atoms with Crippen LogP contribution in [0.3, 0.4) is 0 Å². The molecular weight excluding hydrogens is 324 g/mol. The van der Waals surface area contributed by atoms with Gasteiger partial charge in [-0.15, -0.1) is 0 Å². The maximum Gasteiger partial charge on any atom is 0.186 e. The molecule has 0 heterocycles. The quantitative estimate of drug-likeness (QED) is 0.199. The Bertz CT molecular complexity index is 285. The highest BCUT2D eigenvalue weighted by Gasteiger charge is 2.21. The molecule has 0 rings (SSSR count). The van der Waals surface area contributed by atoms with Crippen molar-refractivity contribution >= 4 is 25.6 Å². The van der Waals surface area contributed by atoms with Crippen molar-refractivity contribution < 1.29 is 13.9 Å². The number of hydrogen-bond donors (Lipinski definition) is 0. The minimum atomic E-state index is -1.55. The summed E-state index contributed by atoms with van der Waals surface area (Å²) in [7, 11) is -1.55. The molecular formula is C18H38O3SSi. The van der Waals surface area contributed by atoms with E-state index < -0.39 is 8.32 Å². The topological polar surface area (TPSA) is 27.7 Å². The Labute approximate surface area is 150 Å². The second kappa shape index (κ2) is 15.5. The van der Waals surface area contributed by atoms with Gasteiger partial charge in [0.05, 0.1) is 6.61 Å². The highest BCUT2D eigenvalue weighted by molar-refractivity contribution is 7.80. The molecule has 0 unspecified atom stereocenters. The van der Waals surface area contributed by atoms with Crippen molar-refractivity contribution in [1.29, 1.82) is 0 Å². The molecule has 0 amide bonds.